The van der Waals surface area contributed by atoms with Gasteiger partial charge in [0.2, 0.25) is 17.8 Å². The average molecular weight is 270 g/mol. The standard InChI is InChI=1S/C10H18N6O3/c1-3-19-10-15-8(11)14-9(16-10)13-6-7(17)12-4-5-18-2/h3-6H2,1-2H3,(H,12,17)(H3,11,13,14,15,16). The van der Waals surface area contributed by atoms with E-state index in [1.165, 1.54) is 0 Å². The van der Waals surface area contributed by atoms with Crippen LogP contribution >= 0.6 is 0 Å². The minimum Gasteiger partial charge on any atom is -0.464 e. The summed E-state index contributed by atoms with van der Waals surface area (Å²) in [5.74, 6) is 0.0209. The third-order valence-corrected chi connectivity index (χ3v) is 1.94. The first-order valence-corrected chi connectivity index (χ1v) is 5.79. The highest BCUT2D eigenvalue weighted by atomic mass is 16.5. The second kappa shape index (κ2) is 8.03. The zero-order valence-corrected chi connectivity index (χ0v) is 11.0. The van der Waals surface area contributed by atoms with Gasteiger partial charge in [-0.05, 0) is 6.92 Å². The van der Waals surface area contributed by atoms with Crippen molar-refractivity contribution in [2.75, 3.05) is 44.5 Å². The molecule has 1 amide bonds. The molecule has 0 aliphatic rings. The summed E-state index contributed by atoms with van der Waals surface area (Å²) in [7, 11) is 1.56. The number of hydrogen-bond donors (Lipinski definition) is 3. The van der Waals surface area contributed by atoms with Gasteiger partial charge in [0.1, 0.15) is 0 Å². The molecule has 0 aromatic carbocycles. The monoisotopic (exact) mass is 270 g/mol. The molecule has 0 aliphatic heterocycles. The lowest BCUT2D eigenvalue weighted by atomic mass is 10.5. The van der Waals surface area contributed by atoms with Crippen molar-refractivity contribution in [2.45, 2.75) is 6.92 Å². The lowest BCUT2D eigenvalue weighted by molar-refractivity contribution is -0.119. The number of nitrogen functional groups attached to an aromatic ring is 1. The minimum atomic E-state index is -0.200. The van der Waals surface area contributed by atoms with Gasteiger partial charge in [-0.3, -0.25) is 4.79 Å². The van der Waals surface area contributed by atoms with Crippen LogP contribution in [0.5, 0.6) is 6.01 Å². The van der Waals surface area contributed by atoms with Crippen LogP contribution in [0.2, 0.25) is 0 Å². The van der Waals surface area contributed by atoms with Crippen LogP contribution in [-0.4, -0.2) is 54.3 Å². The molecule has 0 fully saturated rings. The Labute approximate surface area is 110 Å². The molecule has 1 heterocycles. The first-order valence-electron chi connectivity index (χ1n) is 5.79. The number of nitrogens with one attached hydrogen (secondary N) is 2. The molecule has 0 aliphatic carbocycles. The average Bonchev–Trinajstić information content (AvgIpc) is 2.36. The Kier molecular flexibility index (Phi) is 6.30. The van der Waals surface area contributed by atoms with Gasteiger partial charge in [-0.2, -0.15) is 15.0 Å². The molecule has 0 spiro atoms. The highest BCUT2D eigenvalue weighted by Crippen LogP contribution is 2.08. The number of hydrogen-bond acceptors (Lipinski definition) is 8. The molecule has 9 heteroatoms. The Hall–Kier alpha value is -2.16. The lowest BCUT2D eigenvalue weighted by Crippen LogP contribution is -2.32. The molecule has 0 unspecified atom stereocenters. The molecular weight excluding hydrogens is 252 g/mol. The van der Waals surface area contributed by atoms with Crippen molar-refractivity contribution in [3.8, 4) is 6.01 Å². The summed E-state index contributed by atoms with van der Waals surface area (Å²) in [5, 5.41) is 5.38. The van der Waals surface area contributed by atoms with Crippen molar-refractivity contribution < 1.29 is 14.3 Å². The van der Waals surface area contributed by atoms with E-state index >= 15 is 0 Å². The van der Waals surface area contributed by atoms with Gasteiger partial charge < -0.3 is 25.8 Å². The highest BCUT2D eigenvalue weighted by molar-refractivity contribution is 5.80. The minimum absolute atomic E-state index is 0.0265. The van der Waals surface area contributed by atoms with E-state index in [9.17, 15) is 4.79 Å². The second-order valence-corrected chi connectivity index (χ2v) is 3.43. The zero-order chi connectivity index (χ0) is 14.1. The fourth-order valence-electron chi connectivity index (χ4n) is 1.16. The molecule has 19 heavy (non-hydrogen) atoms. The predicted octanol–water partition coefficient (Wildman–Crippen LogP) is -0.973. The third kappa shape index (κ3) is 5.82. The van der Waals surface area contributed by atoms with Crippen molar-refractivity contribution in [3.63, 3.8) is 0 Å². The van der Waals surface area contributed by atoms with Gasteiger partial charge in [0.15, 0.2) is 0 Å². The number of aromatic nitrogens is 3. The number of nitrogens with two attached hydrogens (primary N) is 1. The number of carbonyl (C=O) groups is 1. The first kappa shape index (κ1) is 14.9. The van der Waals surface area contributed by atoms with Gasteiger partial charge in [0.05, 0.1) is 19.8 Å². The summed E-state index contributed by atoms with van der Waals surface area (Å²) in [4.78, 5) is 23.0. The zero-order valence-electron chi connectivity index (χ0n) is 11.0. The van der Waals surface area contributed by atoms with Crippen LogP contribution in [0.3, 0.4) is 0 Å². The summed E-state index contributed by atoms with van der Waals surface area (Å²) in [6, 6.07) is 0.122. The number of carbonyl (C=O) groups excluding carboxylic acids is 1. The maximum atomic E-state index is 11.4. The van der Waals surface area contributed by atoms with E-state index in [-0.39, 0.29) is 30.4 Å². The fourth-order valence-corrected chi connectivity index (χ4v) is 1.16. The molecule has 9 nitrogen and oxygen atoms in total. The van der Waals surface area contributed by atoms with E-state index < -0.39 is 0 Å². The van der Waals surface area contributed by atoms with Crippen molar-refractivity contribution in [1.82, 2.24) is 20.3 Å². The molecule has 1 aromatic heterocycles. The third-order valence-electron chi connectivity index (χ3n) is 1.94. The number of rotatable bonds is 8. The summed E-state index contributed by atoms with van der Waals surface area (Å²) < 4.78 is 9.93. The lowest BCUT2D eigenvalue weighted by Gasteiger charge is -2.07. The molecule has 0 saturated heterocycles. The van der Waals surface area contributed by atoms with Crippen LogP contribution in [0.25, 0.3) is 0 Å². The Balaban J connectivity index is 2.45. The topological polar surface area (TPSA) is 124 Å². The molecular formula is C10H18N6O3. The summed E-state index contributed by atoms with van der Waals surface area (Å²) >= 11 is 0. The van der Waals surface area contributed by atoms with Gasteiger partial charge >= 0.3 is 6.01 Å². The Bertz CT molecular complexity index is 414. The molecule has 1 rings (SSSR count). The summed E-state index contributed by atoms with van der Waals surface area (Å²) in [5.41, 5.74) is 5.49. The van der Waals surface area contributed by atoms with Gasteiger partial charge in [0.25, 0.3) is 0 Å². The molecule has 0 bridgehead atoms. The number of ether oxygens (including phenoxy) is 2. The van der Waals surface area contributed by atoms with Crippen LogP contribution in [0.1, 0.15) is 6.92 Å². The van der Waals surface area contributed by atoms with Gasteiger partial charge in [-0.1, -0.05) is 0 Å². The normalized spacial score (nSPS) is 10.0. The van der Waals surface area contributed by atoms with E-state index in [1.54, 1.807) is 14.0 Å². The van der Waals surface area contributed by atoms with Crippen LogP contribution in [0.15, 0.2) is 0 Å². The largest absolute Gasteiger partial charge is 0.464 e. The Morgan fingerprint density at radius 2 is 2.16 bits per heavy atom. The van der Waals surface area contributed by atoms with E-state index in [0.717, 1.165) is 0 Å². The maximum absolute atomic E-state index is 11.4. The number of anilines is 2. The number of amides is 1. The number of methoxy groups -OCH3 is 1. The van der Waals surface area contributed by atoms with Crippen LogP contribution in [-0.2, 0) is 9.53 Å². The molecule has 0 atom stereocenters. The van der Waals surface area contributed by atoms with E-state index in [1.807, 2.05) is 0 Å². The van der Waals surface area contributed by atoms with E-state index in [4.69, 9.17) is 15.2 Å². The SMILES string of the molecule is CCOc1nc(N)nc(NCC(=O)NCCOC)n1. The molecule has 106 valence electrons. The van der Waals surface area contributed by atoms with Gasteiger partial charge in [-0.25, -0.2) is 0 Å². The van der Waals surface area contributed by atoms with Crippen molar-refractivity contribution >= 4 is 17.8 Å². The van der Waals surface area contributed by atoms with E-state index in [2.05, 4.69) is 25.6 Å². The van der Waals surface area contributed by atoms with Crippen LogP contribution in [0, 0.1) is 0 Å². The van der Waals surface area contributed by atoms with E-state index in [0.29, 0.717) is 19.8 Å². The van der Waals surface area contributed by atoms with Crippen molar-refractivity contribution in [1.29, 1.82) is 0 Å². The molecule has 0 radical (unpaired) electrons. The summed E-state index contributed by atoms with van der Waals surface area (Å²) in [6.07, 6.45) is 0. The quantitative estimate of drug-likeness (QED) is 0.515. The second-order valence-electron chi connectivity index (χ2n) is 3.43. The number of nitrogens with zero attached hydrogens (tertiary/aromatic N) is 3. The first-order chi connectivity index (χ1) is 9.15. The molecule has 0 saturated carbocycles. The fraction of sp³-hybridized carbons (Fsp3) is 0.600. The summed E-state index contributed by atoms with van der Waals surface area (Å²) in [6.45, 7) is 3.15. The van der Waals surface area contributed by atoms with Gasteiger partial charge in [-0.15, -0.1) is 0 Å². The smallest absolute Gasteiger partial charge is 0.323 e. The van der Waals surface area contributed by atoms with Crippen LogP contribution < -0.4 is 21.1 Å². The maximum Gasteiger partial charge on any atom is 0.323 e. The van der Waals surface area contributed by atoms with Gasteiger partial charge in [0, 0.05) is 13.7 Å². The Morgan fingerprint density at radius 3 is 2.84 bits per heavy atom. The predicted molar refractivity (Wildman–Crippen MR) is 68.8 cm³/mol. The highest BCUT2D eigenvalue weighted by Gasteiger charge is 2.06. The Morgan fingerprint density at radius 1 is 1.37 bits per heavy atom. The van der Waals surface area contributed by atoms with Crippen LogP contribution in [0.4, 0.5) is 11.9 Å². The molecule has 4 N–H and O–H groups in total. The van der Waals surface area contributed by atoms with Crippen molar-refractivity contribution in [3.05, 3.63) is 0 Å². The van der Waals surface area contributed by atoms with Crippen molar-refractivity contribution in [2.24, 2.45) is 0 Å². The molecule has 1 aromatic rings.